The summed E-state index contributed by atoms with van der Waals surface area (Å²) in [6, 6.07) is 5.65. The first-order valence-electron chi connectivity index (χ1n) is 6.48. The highest BCUT2D eigenvalue weighted by Gasteiger charge is 2.30. The molecule has 1 aliphatic rings. The molecule has 1 saturated heterocycles. The first-order chi connectivity index (χ1) is 9.45. The number of carbonyl (C=O) groups excluding carboxylic acids is 1. The van der Waals surface area contributed by atoms with Crippen LogP contribution in [0.4, 0.5) is 0 Å². The van der Waals surface area contributed by atoms with Crippen molar-refractivity contribution in [3.63, 3.8) is 0 Å². The Labute approximate surface area is 118 Å². The van der Waals surface area contributed by atoms with Crippen LogP contribution < -0.4 is 5.73 Å². The SMILES string of the molecule is CCOC(=O)c1ccc(S(=O)(=O)N2CC[C@H](N)C2)cc1. The molecule has 1 heterocycles. The number of ether oxygens (including phenoxy) is 1. The molecule has 0 unspecified atom stereocenters. The van der Waals surface area contributed by atoms with E-state index in [1.807, 2.05) is 0 Å². The quantitative estimate of drug-likeness (QED) is 0.821. The average molecular weight is 298 g/mol. The third-order valence-electron chi connectivity index (χ3n) is 3.19. The fourth-order valence-electron chi connectivity index (χ4n) is 2.10. The third kappa shape index (κ3) is 3.00. The largest absolute Gasteiger partial charge is 0.462 e. The smallest absolute Gasteiger partial charge is 0.338 e. The molecule has 2 rings (SSSR count). The van der Waals surface area contributed by atoms with Crippen molar-refractivity contribution in [3.05, 3.63) is 29.8 Å². The van der Waals surface area contributed by atoms with E-state index in [1.165, 1.54) is 28.6 Å². The van der Waals surface area contributed by atoms with Crippen LogP contribution in [0.3, 0.4) is 0 Å². The minimum atomic E-state index is -3.53. The molecule has 0 bridgehead atoms. The van der Waals surface area contributed by atoms with E-state index in [9.17, 15) is 13.2 Å². The van der Waals surface area contributed by atoms with E-state index < -0.39 is 16.0 Å². The summed E-state index contributed by atoms with van der Waals surface area (Å²) in [6.45, 7) is 2.77. The molecule has 7 heteroatoms. The molecule has 1 fully saturated rings. The van der Waals surface area contributed by atoms with E-state index in [1.54, 1.807) is 6.92 Å². The molecular weight excluding hydrogens is 280 g/mol. The first-order valence-corrected chi connectivity index (χ1v) is 7.92. The molecule has 0 radical (unpaired) electrons. The van der Waals surface area contributed by atoms with E-state index >= 15 is 0 Å². The number of benzene rings is 1. The Morgan fingerprint density at radius 2 is 2.05 bits per heavy atom. The van der Waals surface area contributed by atoms with Crippen molar-refractivity contribution >= 4 is 16.0 Å². The van der Waals surface area contributed by atoms with Crippen LogP contribution in [-0.2, 0) is 14.8 Å². The van der Waals surface area contributed by atoms with Gasteiger partial charge in [-0.25, -0.2) is 13.2 Å². The molecule has 6 nitrogen and oxygen atoms in total. The first kappa shape index (κ1) is 15.0. The molecule has 1 atom stereocenters. The average Bonchev–Trinajstić information content (AvgIpc) is 2.86. The molecule has 110 valence electrons. The van der Waals surface area contributed by atoms with Crippen molar-refractivity contribution in [1.82, 2.24) is 4.31 Å². The maximum absolute atomic E-state index is 12.3. The highest BCUT2D eigenvalue weighted by molar-refractivity contribution is 7.89. The molecule has 1 aliphatic heterocycles. The molecule has 1 aromatic rings. The van der Waals surface area contributed by atoms with Crippen molar-refractivity contribution < 1.29 is 17.9 Å². The van der Waals surface area contributed by atoms with Gasteiger partial charge in [0, 0.05) is 19.1 Å². The van der Waals surface area contributed by atoms with Gasteiger partial charge in [-0.1, -0.05) is 0 Å². The second-order valence-corrected chi connectivity index (χ2v) is 6.59. The Morgan fingerprint density at radius 3 is 2.55 bits per heavy atom. The number of sulfonamides is 1. The van der Waals surface area contributed by atoms with Crippen molar-refractivity contribution in [2.75, 3.05) is 19.7 Å². The van der Waals surface area contributed by atoms with E-state index in [0.717, 1.165) is 0 Å². The van der Waals surface area contributed by atoms with E-state index in [0.29, 0.717) is 25.1 Å². The number of hydrogen-bond acceptors (Lipinski definition) is 5. The predicted octanol–water partition coefficient (Wildman–Crippen LogP) is 0.585. The normalized spacial score (nSPS) is 20.0. The van der Waals surface area contributed by atoms with Gasteiger partial charge >= 0.3 is 5.97 Å². The topological polar surface area (TPSA) is 89.7 Å². The number of esters is 1. The highest BCUT2D eigenvalue weighted by atomic mass is 32.2. The lowest BCUT2D eigenvalue weighted by Gasteiger charge is -2.16. The number of hydrogen-bond donors (Lipinski definition) is 1. The summed E-state index contributed by atoms with van der Waals surface area (Å²) < 4.78 is 30.9. The Bertz CT molecular complexity index is 583. The van der Waals surface area contributed by atoms with E-state index in [4.69, 9.17) is 10.5 Å². The number of rotatable bonds is 4. The summed E-state index contributed by atoms with van der Waals surface area (Å²) in [5.74, 6) is -0.459. The molecule has 0 spiro atoms. The zero-order chi connectivity index (χ0) is 14.8. The molecule has 1 aromatic carbocycles. The van der Waals surface area contributed by atoms with Gasteiger partial charge in [-0.15, -0.1) is 0 Å². The minimum Gasteiger partial charge on any atom is -0.462 e. The van der Waals surface area contributed by atoms with Crippen LogP contribution in [0.2, 0.25) is 0 Å². The van der Waals surface area contributed by atoms with Crippen LogP contribution >= 0.6 is 0 Å². The van der Waals surface area contributed by atoms with Gasteiger partial charge in [0.15, 0.2) is 0 Å². The summed E-state index contributed by atoms with van der Waals surface area (Å²) in [6.07, 6.45) is 0.667. The Balaban J connectivity index is 2.19. The maximum Gasteiger partial charge on any atom is 0.338 e. The maximum atomic E-state index is 12.3. The van der Waals surface area contributed by atoms with E-state index in [-0.39, 0.29) is 17.5 Å². The van der Waals surface area contributed by atoms with E-state index in [2.05, 4.69) is 0 Å². The number of nitrogens with zero attached hydrogens (tertiary/aromatic N) is 1. The van der Waals surface area contributed by atoms with Gasteiger partial charge in [0.2, 0.25) is 10.0 Å². The van der Waals surface area contributed by atoms with Crippen LogP contribution in [0.5, 0.6) is 0 Å². The predicted molar refractivity (Wildman–Crippen MR) is 73.7 cm³/mol. The van der Waals surface area contributed by atoms with Gasteiger partial charge in [-0.05, 0) is 37.6 Å². The standard InChI is InChI=1S/C13H18N2O4S/c1-2-19-13(16)10-3-5-12(6-4-10)20(17,18)15-8-7-11(14)9-15/h3-6,11H,2,7-9,14H2,1H3/t11-/m0/s1. The zero-order valence-electron chi connectivity index (χ0n) is 11.3. The van der Waals surface area contributed by atoms with Crippen LogP contribution in [-0.4, -0.2) is 44.4 Å². The van der Waals surface area contributed by atoms with Gasteiger partial charge < -0.3 is 10.5 Å². The number of nitrogens with two attached hydrogens (primary N) is 1. The van der Waals surface area contributed by atoms with Crippen LogP contribution in [0.25, 0.3) is 0 Å². The molecule has 0 saturated carbocycles. The summed E-state index contributed by atoms with van der Waals surface area (Å²) in [5.41, 5.74) is 6.07. The van der Waals surface area contributed by atoms with Gasteiger partial charge in [-0.2, -0.15) is 4.31 Å². The molecular formula is C13H18N2O4S. The molecule has 0 aromatic heterocycles. The van der Waals surface area contributed by atoms with Gasteiger partial charge in [0.1, 0.15) is 0 Å². The second kappa shape index (κ2) is 5.90. The fourth-order valence-corrected chi connectivity index (χ4v) is 3.61. The van der Waals surface area contributed by atoms with Crippen molar-refractivity contribution in [2.45, 2.75) is 24.3 Å². The fraction of sp³-hybridized carbons (Fsp3) is 0.462. The molecule has 2 N–H and O–H groups in total. The second-order valence-electron chi connectivity index (χ2n) is 4.66. The monoisotopic (exact) mass is 298 g/mol. The van der Waals surface area contributed by atoms with Crippen molar-refractivity contribution in [1.29, 1.82) is 0 Å². The Kier molecular flexibility index (Phi) is 4.42. The lowest BCUT2D eigenvalue weighted by Crippen LogP contribution is -2.31. The molecule has 0 aliphatic carbocycles. The van der Waals surface area contributed by atoms with Crippen LogP contribution in [0, 0.1) is 0 Å². The lowest BCUT2D eigenvalue weighted by atomic mass is 10.2. The van der Waals surface area contributed by atoms with Crippen molar-refractivity contribution in [3.8, 4) is 0 Å². The summed E-state index contributed by atoms with van der Waals surface area (Å²) in [4.78, 5) is 11.7. The molecule has 0 amide bonds. The summed E-state index contributed by atoms with van der Waals surface area (Å²) in [7, 11) is -3.53. The zero-order valence-corrected chi connectivity index (χ0v) is 12.1. The lowest BCUT2D eigenvalue weighted by molar-refractivity contribution is 0.0526. The third-order valence-corrected chi connectivity index (χ3v) is 5.07. The Morgan fingerprint density at radius 1 is 1.40 bits per heavy atom. The summed E-state index contributed by atoms with van der Waals surface area (Å²) >= 11 is 0. The minimum absolute atomic E-state index is 0.108. The number of carbonyl (C=O) groups is 1. The Hall–Kier alpha value is -1.44. The molecule has 20 heavy (non-hydrogen) atoms. The highest BCUT2D eigenvalue weighted by Crippen LogP contribution is 2.21. The van der Waals surface area contributed by atoms with Crippen LogP contribution in [0.1, 0.15) is 23.7 Å². The van der Waals surface area contributed by atoms with Gasteiger partial charge in [0.05, 0.1) is 17.1 Å². The van der Waals surface area contributed by atoms with Crippen LogP contribution in [0.15, 0.2) is 29.2 Å². The van der Waals surface area contributed by atoms with Gasteiger partial charge in [-0.3, -0.25) is 0 Å². The van der Waals surface area contributed by atoms with Gasteiger partial charge in [0.25, 0.3) is 0 Å². The summed E-state index contributed by atoms with van der Waals surface area (Å²) in [5, 5.41) is 0. The van der Waals surface area contributed by atoms with Crippen molar-refractivity contribution in [2.24, 2.45) is 5.73 Å².